The predicted molar refractivity (Wildman–Crippen MR) is 82.9 cm³/mol. The molecule has 22 heavy (non-hydrogen) atoms. The molecule has 0 fully saturated rings. The van der Waals surface area contributed by atoms with E-state index in [1.165, 1.54) is 14.0 Å². The third kappa shape index (κ3) is 6.88. The van der Waals surface area contributed by atoms with E-state index in [-0.39, 0.29) is 30.4 Å². The number of hydrogen-bond donors (Lipinski definition) is 2. The van der Waals surface area contributed by atoms with Crippen LogP contribution in [0.15, 0.2) is 24.3 Å². The fourth-order valence-electron chi connectivity index (χ4n) is 1.84. The van der Waals surface area contributed by atoms with Gasteiger partial charge in [0.1, 0.15) is 5.75 Å². The van der Waals surface area contributed by atoms with Crippen LogP contribution in [0.25, 0.3) is 0 Å². The second-order valence-electron chi connectivity index (χ2n) is 4.84. The van der Waals surface area contributed by atoms with Gasteiger partial charge in [-0.2, -0.15) is 0 Å². The molecule has 0 saturated carbocycles. The summed E-state index contributed by atoms with van der Waals surface area (Å²) < 4.78 is 5.06. The Morgan fingerprint density at radius 1 is 1.09 bits per heavy atom. The molecule has 0 heterocycles. The number of carbonyl (C=O) groups excluding carboxylic acids is 3. The number of ketones is 1. The van der Waals surface area contributed by atoms with E-state index >= 15 is 0 Å². The van der Waals surface area contributed by atoms with E-state index in [2.05, 4.69) is 10.6 Å². The van der Waals surface area contributed by atoms with Crippen molar-refractivity contribution >= 4 is 17.6 Å². The highest BCUT2D eigenvalue weighted by atomic mass is 16.5. The van der Waals surface area contributed by atoms with Gasteiger partial charge in [-0.1, -0.05) is 12.1 Å². The van der Waals surface area contributed by atoms with Gasteiger partial charge in [-0.25, -0.2) is 0 Å². The summed E-state index contributed by atoms with van der Waals surface area (Å²) in [6.07, 6.45) is 0.968. The van der Waals surface area contributed by atoms with Crippen molar-refractivity contribution in [1.82, 2.24) is 10.6 Å². The van der Waals surface area contributed by atoms with Crippen molar-refractivity contribution < 1.29 is 19.1 Å². The van der Waals surface area contributed by atoms with Crippen molar-refractivity contribution in [3.05, 3.63) is 29.8 Å². The summed E-state index contributed by atoms with van der Waals surface area (Å²) in [5.74, 6) is 0.273. The fraction of sp³-hybridized carbons (Fsp3) is 0.438. The van der Waals surface area contributed by atoms with Crippen LogP contribution in [-0.4, -0.2) is 37.8 Å². The highest BCUT2D eigenvalue weighted by molar-refractivity contribution is 5.98. The highest BCUT2D eigenvalue weighted by Crippen LogP contribution is 2.14. The van der Waals surface area contributed by atoms with Crippen LogP contribution in [0, 0.1) is 0 Å². The summed E-state index contributed by atoms with van der Waals surface area (Å²) in [6.45, 7) is 2.45. The molecule has 6 heteroatoms. The Bertz CT molecular complexity index is 529. The van der Waals surface area contributed by atoms with E-state index < -0.39 is 0 Å². The normalized spacial score (nSPS) is 9.91. The number of Topliss-reactive ketones (excluding diaryl/α,β-unsaturated/α-hetero) is 1. The topological polar surface area (TPSA) is 84.5 Å². The first kappa shape index (κ1) is 17.7. The summed E-state index contributed by atoms with van der Waals surface area (Å²) in [5.41, 5.74) is 0.540. The first-order valence-electron chi connectivity index (χ1n) is 7.21. The van der Waals surface area contributed by atoms with Crippen molar-refractivity contribution in [3.8, 4) is 5.75 Å². The molecule has 0 aliphatic heterocycles. The number of carbonyl (C=O) groups is 3. The minimum absolute atomic E-state index is 0.0878. The maximum atomic E-state index is 12.0. The lowest BCUT2D eigenvalue weighted by Crippen LogP contribution is -2.28. The van der Waals surface area contributed by atoms with Crippen molar-refractivity contribution in [2.24, 2.45) is 0 Å². The van der Waals surface area contributed by atoms with E-state index in [0.717, 1.165) is 0 Å². The van der Waals surface area contributed by atoms with Crippen molar-refractivity contribution in [1.29, 1.82) is 0 Å². The number of rotatable bonds is 9. The molecule has 0 aliphatic carbocycles. The zero-order valence-electron chi connectivity index (χ0n) is 13.0. The number of ether oxygens (including phenoxy) is 1. The second-order valence-corrected chi connectivity index (χ2v) is 4.84. The van der Waals surface area contributed by atoms with E-state index in [9.17, 15) is 14.4 Å². The van der Waals surface area contributed by atoms with Crippen LogP contribution in [-0.2, 0) is 9.59 Å². The number of methoxy groups -OCH3 is 1. The number of hydrogen-bond acceptors (Lipinski definition) is 4. The number of benzene rings is 1. The monoisotopic (exact) mass is 306 g/mol. The lowest BCUT2D eigenvalue weighted by atomic mass is 10.1. The highest BCUT2D eigenvalue weighted by Gasteiger charge is 2.09. The first-order valence-corrected chi connectivity index (χ1v) is 7.21. The van der Waals surface area contributed by atoms with Crippen LogP contribution in [0.1, 0.15) is 36.5 Å². The molecule has 0 bridgehead atoms. The molecule has 6 nitrogen and oxygen atoms in total. The molecule has 120 valence electrons. The number of amides is 2. The lowest BCUT2D eigenvalue weighted by Gasteiger charge is -2.06. The summed E-state index contributed by atoms with van der Waals surface area (Å²) >= 11 is 0. The van der Waals surface area contributed by atoms with E-state index in [4.69, 9.17) is 4.74 Å². The molecule has 1 aromatic rings. The van der Waals surface area contributed by atoms with Gasteiger partial charge >= 0.3 is 0 Å². The SMILES string of the molecule is COc1cccc(C(=O)CCC(=O)NCCCNC(C)=O)c1. The molecular weight excluding hydrogens is 284 g/mol. The van der Waals surface area contributed by atoms with Gasteiger partial charge in [-0.15, -0.1) is 0 Å². The van der Waals surface area contributed by atoms with Crippen LogP contribution in [0.4, 0.5) is 0 Å². The Labute approximate surface area is 130 Å². The standard InChI is InChI=1S/C16H22N2O4/c1-12(19)17-9-4-10-18-16(21)8-7-15(20)13-5-3-6-14(11-13)22-2/h3,5-6,11H,4,7-10H2,1-2H3,(H,17,19)(H,18,21). The average Bonchev–Trinajstić information content (AvgIpc) is 2.52. The Balaban J connectivity index is 2.25. The van der Waals surface area contributed by atoms with Crippen LogP contribution in [0.5, 0.6) is 5.75 Å². The largest absolute Gasteiger partial charge is 0.497 e. The lowest BCUT2D eigenvalue weighted by molar-refractivity contribution is -0.121. The molecule has 1 aromatic carbocycles. The Morgan fingerprint density at radius 3 is 2.50 bits per heavy atom. The molecule has 1 rings (SSSR count). The van der Waals surface area contributed by atoms with Crippen molar-refractivity contribution in [2.45, 2.75) is 26.2 Å². The molecule has 2 amide bonds. The summed E-state index contributed by atoms with van der Waals surface area (Å²) in [6, 6.07) is 6.87. The van der Waals surface area contributed by atoms with Crippen molar-refractivity contribution in [2.75, 3.05) is 20.2 Å². The Morgan fingerprint density at radius 2 is 1.82 bits per heavy atom. The third-order valence-electron chi connectivity index (χ3n) is 3.02. The maximum Gasteiger partial charge on any atom is 0.220 e. The quantitative estimate of drug-likeness (QED) is 0.532. The first-order chi connectivity index (χ1) is 10.5. The second kappa shape index (κ2) is 9.55. The minimum Gasteiger partial charge on any atom is -0.497 e. The van der Waals surface area contributed by atoms with Gasteiger partial charge in [0, 0.05) is 38.4 Å². The van der Waals surface area contributed by atoms with E-state index in [1.807, 2.05) is 0 Å². The van der Waals surface area contributed by atoms with Crippen LogP contribution in [0.3, 0.4) is 0 Å². The minimum atomic E-state index is -0.168. The van der Waals surface area contributed by atoms with Crippen molar-refractivity contribution in [3.63, 3.8) is 0 Å². The number of nitrogens with one attached hydrogen (secondary N) is 2. The molecule has 0 aromatic heterocycles. The summed E-state index contributed by atoms with van der Waals surface area (Å²) in [4.78, 5) is 34.3. The van der Waals surface area contributed by atoms with Gasteiger partial charge < -0.3 is 15.4 Å². The zero-order chi connectivity index (χ0) is 16.4. The van der Waals surface area contributed by atoms with Gasteiger partial charge in [-0.05, 0) is 18.6 Å². The molecule has 2 N–H and O–H groups in total. The van der Waals surface area contributed by atoms with Gasteiger partial charge in [0.2, 0.25) is 11.8 Å². The Hall–Kier alpha value is -2.37. The van der Waals surface area contributed by atoms with Gasteiger partial charge in [-0.3, -0.25) is 14.4 Å². The molecule has 0 atom stereocenters. The van der Waals surface area contributed by atoms with E-state index in [0.29, 0.717) is 30.8 Å². The predicted octanol–water partition coefficient (Wildman–Crippen LogP) is 1.30. The molecule has 0 saturated heterocycles. The van der Waals surface area contributed by atoms with E-state index in [1.54, 1.807) is 24.3 Å². The summed E-state index contributed by atoms with van der Waals surface area (Å²) in [7, 11) is 1.54. The fourth-order valence-corrected chi connectivity index (χ4v) is 1.84. The molecule has 0 spiro atoms. The maximum absolute atomic E-state index is 12.0. The van der Waals surface area contributed by atoms with Crippen LogP contribution in [0.2, 0.25) is 0 Å². The summed E-state index contributed by atoms with van der Waals surface area (Å²) in [5, 5.41) is 5.36. The van der Waals surface area contributed by atoms with Crippen LogP contribution >= 0.6 is 0 Å². The van der Waals surface area contributed by atoms with Gasteiger partial charge in [0.05, 0.1) is 7.11 Å². The van der Waals surface area contributed by atoms with Crippen LogP contribution < -0.4 is 15.4 Å². The zero-order valence-corrected chi connectivity index (χ0v) is 13.0. The molecule has 0 unspecified atom stereocenters. The van der Waals surface area contributed by atoms with Gasteiger partial charge in [0.15, 0.2) is 5.78 Å². The smallest absolute Gasteiger partial charge is 0.220 e. The average molecular weight is 306 g/mol. The Kier molecular flexibility index (Phi) is 7.67. The molecular formula is C16H22N2O4. The molecule has 0 aliphatic rings. The van der Waals surface area contributed by atoms with Gasteiger partial charge in [0.25, 0.3) is 0 Å². The molecule has 0 radical (unpaired) electrons. The third-order valence-corrected chi connectivity index (χ3v) is 3.02.